The molecule has 1 aromatic heterocycles. The molecule has 1 amide bonds. The molecule has 0 saturated carbocycles. The van der Waals surface area contributed by atoms with Crippen LogP contribution in [0.1, 0.15) is 30.5 Å². The molecule has 0 N–H and O–H groups in total. The van der Waals surface area contributed by atoms with Gasteiger partial charge in [-0.2, -0.15) is 0 Å². The Morgan fingerprint density at radius 3 is 3.00 bits per heavy atom. The van der Waals surface area contributed by atoms with E-state index in [0.29, 0.717) is 19.4 Å². The van der Waals surface area contributed by atoms with Crippen molar-refractivity contribution in [3.63, 3.8) is 0 Å². The Bertz CT molecular complexity index is 373. The summed E-state index contributed by atoms with van der Waals surface area (Å²) < 4.78 is 1.48. The molecule has 0 spiro atoms. The summed E-state index contributed by atoms with van der Waals surface area (Å²) in [6.07, 6.45) is 7.53. The van der Waals surface area contributed by atoms with Crippen molar-refractivity contribution in [2.45, 2.75) is 25.7 Å². The van der Waals surface area contributed by atoms with Gasteiger partial charge in [-0.1, -0.05) is 0 Å². The molecule has 2 rings (SSSR count). The second-order valence-corrected chi connectivity index (χ2v) is 3.95. The first-order chi connectivity index (χ1) is 7.77. The molecule has 0 aromatic carbocycles. The van der Waals surface area contributed by atoms with Crippen LogP contribution >= 0.6 is 0 Å². The molecule has 1 fully saturated rings. The number of hydrogen-bond acceptors (Lipinski definition) is 3. The molecule has 1 aliphatic heterocycles. The zero-order chi connectivity index (χ0) is 11.4. The Labute approximate surface area is 94.1 Å². The van der Waals surface area contributed by atoms with Gasteiger partial charge >= 0.3 is 0 Å². The van der Waals surface area contributed by atoms with E-state index in [1.165, 1.54) is 10.9 Å². The van der Waals surface area contributed by atoms with Gasteiger partial charge in [0.05, 0.1) is 0 Å². The normalized spacial score (nSPS) is 15.8. The van der Waals surface area contributed by atoms with Crippen LogP contribution in [0, 0.1) is 0 Å². The van der Waals surface area contributed by atoms with Gasteiger partial charge in [-0.25, -0.2) is 4.98 Å². The van der Waals surface area contributed by atoms with Crippen LogP contribution in [0.3, 0.4) is 0 Å². The van der Waals surface area contributed by atoms with Crippen molar-refractivity contribution in [3.8, 4) is 0 Å². The van der Waals surface area contributed by atoms with Crippen molar-refractivity contribution >= 4 is 11.8 Å². The van der Waals surface area contributed by atoms with E-state index >= 15 is 0 Å². The molecule has 0 bridgehead atoms. The first-order valence-electron chi connectivity index (χ1n) is 5.56. The molecule has 0 unspecified atom stereocenters. The van der Waals surface area contributed by atoms with E-state index in [0.717, 1.165) is 19.4 Å². The standard InChI is InChI=1S/C11H15N3O2/c15-10-3-1-6-13(10)7-2-4-11(16)14-8-5-12-9-14/h5,8-9H,1-4,6-7H2. The van der Waals surface area contributed by atoms with Gasteiger partial charge in [0.2, 0.25) is 11.8 Å². The maximum absolute atomic E-state index is 11.6. The molecule has 5 nitrogen and oxygen atoms in total. The summed E-state index contributed by atoms with van der Waals surface area (Å²) >= 11 is 0. The minimum atomic E-state index is 0.0316. The number of carbonyl (C=O) groups is 2. The number of aromatic nitrogens is 2. The van der Waals surface area contributed by atoms with Gasteiger partial charge in [0.15, 0.2) is 0 Å². The summed E-state index contributed by atoms with van der Waals surface area (Å²) in [6, 6.07) is 0. The van der Waals surface area contributed by atoms with Crippen molar-refractivity contribution in [3.05, 3.63) is 18.7 Å². The lowest BCUT2D eigenvalue weighted by atomic mass is 10.3. The largest absolute Gasteiger partial charge is 0.343 e. The van der Waals surface area contributed by atoms with Crippen molar-refractivity contribution in [2.75, 3.05) is 13.1 Å². The summed E-state index contributed by atoms with van der Waals surface area (Å²) in [7, 11) is 0. The summed E-state index contributed by atoms with van der Waals surface area (Å²) in [5, 5.41) is 0. The van der Waals surface area contributed by atoms with Crippen LogP contribution < -0.4 is 0 Å². The molecule has 0 atom stereocenters. The number of likely N-dealkylation sites (tertiary alicyclic amines) is 1. The Hall–Kier alpha value is -1.65. The quantitative estimate of drug-likeness (QED) is 0.759. The average molecular weight is 221 g/mol. The molecule has 1 aromatic rings. The lowest BCUT2D eigenvalue weighted by Crippen LogP contribution is -2.26. The maximum atomic E-state index is 11.6. The van der Waals surface area contributed by atoms with Gasteiger partial charge in [0, 0.05) is 38.3 Å². The van der Waals surface area contributed by atoms with Gasteiger partial charge in [0.1, 0.15) is 6.33 Å². The molecule has 1 aliphatic rings. The van der Waals surface area contributed by atoms with E-state index in [1.54, 1.807) is 12.4 Å². The highest BCUT2D eigenvalue weighted by molar-refractivity contribution is 5.79. The lowest BCUT2D eigenvalue weighted by Gasteiger charge is -2.14. The smallest absolute Gasteiger partial charge is 0.231 e. The van der Waals surface area contributed by atoms with Crippen LogP contribution in [-0.4, -0.2) is 39.4 Å². The Morgan fingerprint density at radius 2 is 2.38 bits per heavy atom. The minimum Gasteiger partial charge on any atom is -0.343 e. The Balaban J connectivity index is 1.72. The molecule has 16 heavy (non-hydrogen) atoms. The van der Waals surface area contributed by atoms with Gasteiger partial charge in [-0.05, 0) is 12.8 Å². The van der Waals surface area contributed by atoms with Crippen molar-refractivity contribution in [1.82, 2.24) is 14.5 Å². The van der Waals surface area contributed by atoms with E-state index in [2.05, 4.69) is 4.98 Å². The average Bonchev–Trinajstić information content (AvgIpc) is 2.90. The summed E-state index contributed by atoms with van der Waals surface area (Å²) in [4.78, 5) is 28.5. The van der Waals surface area contributed by atoms with Crippen molar-refractivity contribution < 1.29 is 9.59 Å². The number of hydrogen-bond donors (Lipinski definition) is 0. The third-order valence-corrected chi connectivity index (χ3v) is 2.78. The monoisotopic (exact) mass is 221 g/mol. The summed E-state index contributed by atoms with van der Waals surface area (Å²) in [6.45, 7) is 1.54. The number of imidazole rings is 1. The third kappa shape index (κ3) is 2.48. The summed E-state index contributed by atoms with van der Waals surface area (Å²) in [5.74, 6) is 0.249. The number of carbonyl (C=O) groups excluding carboxylic acids is 2. The van der Waals surface area contributed by atoms with Gasteiger partial charge < -0.3 is 4.90 Å². The lowest BCUT2D eigenvalue weighted by molar-refractivity contribution is -0.127. The first kappa shape index (κ1) is 10.9. The second-order valence-electron chi connectivity index (χ2n) is 3.95. The maximum Gasteiger partial charge on any atom is 0.231 e. The van der Waals surface area contributed by atoms with Crippen LogP contribution in [0.2, 0.25) is 0 Å². The van der Waals surface area contributed by atoms with E-state index in [-0.39, 0.29) is 11.8 Å². The first-order valence-corrected chi connectivity index (χ1v) is 5.56. The Kier molecular flexibility index (Phi) is 3.34. The van der Waals surface area contributed by atoms with E-state index in [9.17, 15) is 9.59 Å². The van der Waals surface area contributed by atoms with Crippen LogP contribution in [0.4, 0.5) is 0 Å². The number of rotatable bonds is 4. The van der Waals surface area contributed by atoms with E-state index in [4.69, 9.17) is 0 Å². The van der Waals surface area contributed by atoms with Gasteiger partial charge in [0.25, 0.3) is 0 Å². The van der Waals surface area contributed by atoms with Crippen LogP contribution in [0.25, 0.3) is 0 Å². The molecule has 0 radical (unpaired) electrons. The SMILES string of the molecule is O=C1CCCN1CCCC(=O)n1ccnc1. The molecule has 86 valence electrons. The molecular weight excluding hydrogens is 206 g/mol. The summed E-state index contributed by atoms with van der Waals surface area (Å²) in [5.41, 5.74) is 0. The molecule has 5 heteroatoms. The second kappa shape index (κ2) is 4.92. The molecule has 2 heterocycles. The van der Waals surface area contributed by atoms with Crippen molar-refractivity contribution in [1.29, 1.82) is 0 Å². The fourth-order valence-electron chi connectivity index (χ4n) is 1.90. The van der Waals surface area contributed by atoms with E-state index < -0.39 is 0 Å². The molecular formula is C11H15N3O2. The van der Waals surface area contributed by atoms with Gasteiger partial charge in [-0.15, -0.1) is 0 Å². The Morgan fingerprint density at radius 1 is 1.50 bits per heavy atom. The van der Waals surface area contributed by atoms with Crippen LogP contribution in [0.15, 0.2) is 18.7 Å². The van der Waals surface area contributed by atoms with Crippen LogP contribution in [0.5, 0.6) is 0 Å². The number of nitrogens with zero attached hydrogens (tertiary/aromatic N) is 3. The fourth-order valence-corrected chi connectivity index (χ4v) is 1.90. The van der Waals surface area contributed by atoms with Crippen molar-refractivity contribution in [2.24, 2.45) is 0 Å². The third-order valence-electron chi connectivity index (χ3n) is 2.78. The predicted octanol–water partition coefficient (Wildman–Crippen LogP) is 0.926. The van der Waals surface area contributed by atoms with E-state index in [1.807, 2.05) is 4.90 Å². The zero-order valence-electron chi connectivity index (χ0n) is 9.13. The van der Waals surface area contributed by atoms with Gasteiger partial charge in [-0.3, -0.25) is 14.2 Å². The highest BCUT2D eigenvalue weighted by Gasteiger charge is 2.19. The minimum absolute atomic E-state index is 0.0316. The fraction of sp³-hybridized carbons (Fsp3) is 0.545. The topological polar surface area (TPSA) is 55.2 Å². The highest BCUT2D eigenvalue weighted by Crippen LogP contribution is 2.10. The highest BCUT2D eigenvalue weighted by atomic mass is 16.2. The molecule has 1 saturated heterocycles. The van der Waals surface area contributed by atoms with Crippen LogP contribution in [-0.2, 0) is 4.79 Å². The predicted molar refractivity (Wildman–Crippen MR) is 57.9 cm³/mol. The zero-order valence-corrected chi connectivity index (χ0v) is 9.13. The molecule has 0 aliphatic carbocycles. The number of amides is 1.